The molecule has 0 unspecified atom stereocenters. The zero-order valence-electron chi connectivity index (χ0n) is 12.9. The first kappa shape index (κ1) is 17.1. The molecule has 104 valence electrons. The number of nitrogens with zero attached hydrogens (tertiary/aromatic N) is 2. The highest BCUT2D eigenvalue weighted by Crippen LogP contribution is 2.13. The van der Waals surface area contributed by atoms with E-state index < -0.39 is 0 Å². The Balaban J connectivity index is 4.39. The minimum atomic E-state index is 0.991. The van der Waals surface area contributed by atoms with Gasteiger partial charge in [-0.05, 0) is 65.1 Å². The van der Waals surface area contributed by atoms with Gasteiger partial charge >= 0.3 is 0 Å². The van der Waals surface area contributed by atoms with E-state index in [1.165, 1.54) is 17.6 Å². The molecule has 0 amide bonds. The zero-order chi connectivity index (χ0) is 14.0. The van der Waals surface area contributed by atoms with Crippen molar-refractivity contribution in [1.29, 1.82) is 0 Å². The van der Waals surface area contributed by atoms with Gasteiger partial charge in [0, 0.05) is 6.54 Å². The summed E-state index contributed by atoms with van der Waals surface area (Å²) in [7, 11) is 6.43. The van der Waals surface area contributed by atoms with Gasteiger partial charge in [0.25, 0.3) is 0 Å². The highest BCUT2D eigenvalue weighted by atomic mass is 15.1. The van der Waals surface area contributed by atoms with E-state index in [4.69, 9.17) is 0 Å². The Morgan fingerprint density at radius 3 is 2.22 bits per heavy atom. The lowest BCUT2D eigenvalue weighted by atomic mass is 10.0. The van der Waals surface area contributed by atoms with E-state index in [-0.39, 0.29) is 0 Å². The fourth-order valence-corrected chi connectivity index (χ4v) is 1.98. The third kappa shape index (κ3) is 7.46. The van der Waals surface area contributed by atoms with Crippen LogP contribution in [-0.4, -0.2) is 50.6 Å². The van der Waals surface area contributed by atoms with Crippen molar-refractivity contribution in [2.75, 3.05) is 40.8 Å². The van der Waals surface area contributed by atoms with Crippen molar-refractivity contribution >= 4 is 0 Å². The maximum Gasteiger partial charge on any atom is 0.0233 e. The Morgan fingerprint density at radius 2 is 1.78 bits per heavy atom. The monoisotopic (exact) mass is 250 g/mol. The average Bonchev–Trinajstić information content (AvgIpc) is 2.33. The maximum atomic E-state index is 3.95. The third-order valence-electron chi connectivity index (χ3n) is 2.99. The second kappa shape index (κ2) is 10.1. The molecule has 0 saturated carbocycles. The first-order valence-electron chi connectivity index (χ1n) is 6.85. The molecule has 18 heavy (non-hydrogen) atoms. The van der Waals surface area contributed by atoms with E-state index in [9.17, 15) is 0 Å². The van der Waals surface area contributed by atoms with Gasteiger partial charge in [-0.1, -0.05) is 31.7 Å². The van der Waals surface area contributed by atoms with Crippen molar-refractivity contribution in [3.05, 3.63) is 36.0 Å². The lowest BCUT2D eigenvalue weighted by Gasteiger charge is -2.20. The number of hydrogen-bond acceptors (Lipinski definition) is 2. The minimum absolute atomic E-state index is 0.991. The normalized spacial score (nSPS) is 13.5. The van der Waals surface area contributed by atoms with E-state index in [0.29, 0.717) is 0 Å². The zero-order valence-corrected chi connectivity index (χ0v) is 12.9. The maximum absolute atomic E-state index is 3.95. The van der Waals surface area contributed by atoms with Crippen LogP contribution in [0.5, 0.6) is 0 Å². The van der Waals surface area contributed by atoms with Crippen LogP contribution in [0.25, 0.3) is 0 Å². The predicted molar refractivity (Wildman–Crippen MR) is 83.0 cm³/mol. The number of allylic oxidation sites excluding steroid dienone is 3. The summed E-state index contributed by atoms with van der Waals surface area (Å²) in [5, 5.41) is 0. The fraction of sp³-hybridized carbons (Fsp3) is 0.625. The molecule has 0 radical (unpaired) electrons. The summed E-state index contributed by atoms with van der Waals surface area (Å²) in [5.41, 5.74) is 2.75. The SMILES string of the molecule is C=C/C(CN(C)CCCN(C)C)=C(\C=C/C)CC. The first-order chi connectivity index (χ1) is 8.54. The molecule has 0 fully saturated rings. The summed E-state index contributed by atoms with van der Waals surface area (Å²) in [6.45, 7) is 11.5. The van der Waals surface area contributed by atoms with Crippen LogP contribution < -0.4 is 0 Å². The van der Waals surface area contributed by atoms with Crippen molar-refractivity contribution in [3.63, 3.8) is 0 Å². The van der Waals surface area contributed by atoms with Crippen molar-refractivity contribution in [2.45, 2.75) is 26.7 Å². The van der Waals surface area contributed by atoms with Crippen molar-refractivity contribution in [3.8, 4) is 0 Å². The largest absolute Gasteiger partial charge is 0.309 e. The van der Waals surface area contributed by atoms with Crippen LogP contribution in [0.4, 0.5) is 0 Å². The summed E-state index contributed by atoms with van der Waals surface area (Å²) < 4.78 is 0. The summed E-state index contributed by atoms with van der Waals surface area (Å²) in [4.78, 5) is 4.61. The van der Waals surface area contributed by atoms with Crippen LogP contribution in [-0.2, 0) is 0 Å². The van der Waals surface area contributed by atoms with Crippen molar-refractivity contribution < 1.29 is 0 Å². The highest BCUT2D eigenvalue weighted by molar-refractivity contribution is 5.33. The number of likely N-dealkylation sites (N-methyl/N-ethyl adjacent to an activating group) is 1. The molecule has 0 aliphatic carbocycles. The lowest BCUT2D eigenvalue weighted by molar-refractivity contribution is 0.318. The second-order valence-corrected chi connectivity index (χ2v) is 5.00. The van der Waals surface area contributed by atoms with Gasteiger partial charge in [0.2, 0.25) is 0 Å². The average molecular weight is 250 g/mol. The molecule has 0 aromatic rings. The Morgan fingerprint density at radius 1 is 1.11 bits per heavy atom. The van der Waals surface area contributed by atoms with Gasteiger partial charge in [0.1, 0.15) is 0 Å². The first-order valence-corrected chi connectivity index (χ1v) is 6.85. The molecular weight excluding hydrogens is 220 g/mol. The van der Waals surface area contributed by atoms with Crippen LogP contribution in [0.15, 0.2) is 36.0 Å². The summed E-state index contributed by atoms with van der Waals surface area (Å²) >= 11 is 0. The molecule has 0 aliphatic rings. The van der Waals surface area contributed by atoms with Gasteiger partial charge in [0.05, 0.1) is 0 Å². The van der Waals surface area contributed by atoms with Gasteiger partial charge in [-0.15, -0.1) is 0 Å². The molecule has 0 aromatic carbocycles. The molecule has 0 saturated heterocycles. The van der Waals surface area contributed by atoms with Crippen LogP contribution >= 0.6 is 0 Å². The smallest absolute Gasteiger partial charge is 0.0233 e. The predicted octanol–water partition coefficient (Wildman–Crippen LogP) is 3.34. The van der Waals surface area contributed by atoms with Gasteiger partial charge in [-0.2, -0.15) is 0 Å². The van der Waals surface area contributed by atoms with E-state index in [0.717, 1.165) is 26.1 Å². The molecule has 0 aromatic heterocycles. The highest BCUT2D eigenvalue weighted by Gasteiger charge is 2.04. The van der Waals surface area contributed by atoms with E-state index in [2.05, 4.69) is 63.5 Å². The van der Waals surface area contributed by atoms with Crippen LogP contribution in [0.2, 0.25) is 0 Å². The Bertz CT molecular complexity index is 287. The quantitative estimate of drug-likeness (QED) is 0.579. The molecule has 0 bridgehead atoms. The molecule has 0 spiro atoms. The molecule has 0 aliphatic heterocycles. The minimum Gasteiger partial charge on any atom is -0.309 e. The summed E-state index contributed by atoms with van der Waals surface area (Å²) in [5.74, 6) is 0. The van der Waals surface area contributed by atoms with Gasteiger partial charge in [0.15, 0.2) is 0 Å². The molecule has 0 heterocycles. The Labute approximate surface area is 114 Å². The van der Waals surface area contributed by atoms with E-state index >= 15 is 0 Å². The molecular formula is C16H30N2. The van der Waals surface area contributed by atoms with Gasteiger partial charge < -0.3 is 9.80 Å². The molecule has 0 rings (SSSR count). The number of rotatable bonds is 9. The molecule has 2 nitrogen and oxygen atoms in total. The second-order valence-electron chi connectivity index (χ2n) is 5.00. The molecule has 0 atom stereocenters. The lowest BCUT2D eigenvalue weighted by Crippen LogP contribution is -2.25. The summed E-state index contributed by atoms with van der Waals surface area (Å²) in [6, 6.07) is 0. The van der Waals surface area contributed by atoms with E-state index in [1.54, 1.807) is 0 Å². The molecule has 2 heteroatoms. The van der Waals surface area contributed by atoms with Crippen molar-refractivity contribution in [2.24, 2.45) is 0 Å². The topological polar surface area (TPSA) is 6.48 Å². The van der Waals surface area contributed by atoms with Gasteiger partial charge in [-0.25, -0.2) is 0 Å². The van der Waals surface area contributed by atoms with Gasteiger partial charge in [-0.3, -0.25) is 0 Å². The van der Waals surface area contributed by atoms with Crippen molar-refractivity contribution in [1.82, 2.24) is 9.80 Å². The Hall–Kier alpha value is -0.860. The fourth-order valence-electron chi connectivity index (χ4n) is 1.98. The van der Waals surface area contributed by atoms with E-state index in [1.807, 2.05) is 6.08 Å². The standard InChI is InChI=1S/C16H30N2/c1-7-11-15(8-2)16(9-3)14-18(6)13-10-12-17(4)5/h7,9,11H,3,8,10,12-14H2,1-2,4-6H3/b11-7-,16-15+. The molecule has 0 N–H and O–H groups in total. The van der Waals surface area contributed by atoms with Crippen LogP contribution in [0.1, 0.15) is 26.7 Å². The third-order valence-corrected chi connectivity index (χ3v) is 2.99. The summed E-state index contributed by atoms with van der Waals surface area (Å²) in [6.07, 6.45) is 8.58. The number of hydrogen-bond donors (Lipinski definition) is 0. The Kier molecular flexibility index (Phi) is 9.62. The van der Waals surface area contributed by atoms with Crippen LogP contribution in [0, 0.1) is 0 Å². The van der Waals surface area contributed by atoms with Crippen LogP contribution in [0.3, 0.4) is 0 Å².